The highest BCUT2D eigenvalue weighted by Crippen LogP contribution is 2.32. The van der Waals surface area contributed by atoms with E-state index >= 15 is 0 Å². The van der Waals surface area contributed by atoms with Gasteiger partial charge in [0.1, 0.15) is 0 Å². The monoisotopic (exact) mass is 156 g/mol. The molecule has 0 aromatic heterocycles. The molecular weight excluding hydrogens is 136 g/mol. The van der Waals surface area contributed by atoms with Gasteiger partial charge in [-0.05, 0) is 24.2 Å². The van der Waals surface area contributed by atoms with Crippen LogP contribution in [0.25, 0.3) is 0 Å². The first-order valence-corrected chi connectivity index (χ1v) is 4.81. The van der Waals surface area contributed by atoms with Crippen LogP contribution in [0.3, 0.4) is 0 Å². The van der Waals surface area contributed by atoms with E-state index in [1.807, 2.05) is 0 Å². The fourth-order valence-electron chi connectivity index (χ4n) is 2.04. The maximum absolute atomic E-state index is 9.65. The van der Waals surface area contributed by atoms with Gasteiger partial charge in [-0.2, -0.15) is 0 Å². The van der Waals surface area contributed by atoms with E-state index in [2.05, 4.69) is 20.8 Å². The van der Waals surface area contributed by atoms with Crippen LogP contribution >= 0.6 is 0 Å². The summed E-state index contributed by atoms with van der Waals surface area (Å²) in [7, 11) is 0. The summed E-state index contributed by atoms with van der Waals surface area (Å²) in [5.41, 5.74) is 0. The Kier molecular flexibility index (Phi) is 2.94. The second-order valence-corrected chi connectivity index (χ2v) is 4.19. The van der Waals surface area contributed by atoms with Crippen LogP contribution < -0.4 is 0 Å². The van der Waals surface area contributed by atoms with Crippen molar-refractivity contribution in [2.75, 3.05) is 0 Å². The molecule has 0 heterocycles. The zero-order valence-electron chi connectivity index (χ0n) is 7.88. The van der Waals surface area contributed by atoms with Crippen molar-refractivity contribution >= 4 is 0 Å². The summed E-state index contributed by atoms with van der Waals surface area (Å²) in [6, 6.07) is 0. The highest BCUT2D eigenvalue weighted by Gasteiger charge is 2.27. The molecule has 11 heavy (non-hydrogen) atoms. The van der Waals surface area contributed by atoms with Gasteiger partial charge in [-0.25, -0.2) is 0 Å². The number of hydrogen-bond donors (Lipinski definition) is 1. The van der Waals surface area contributed by atoms with E-state index in [1.54, 1.807) is 0 Å². The van der Waals surface area contributed by atoms with Gasteiger partial charge in [0.05, 0.1) is 6.10 Å². The topological polar surface area (TPSA) is 20.2 Å². The van der Waals surface area contributed by atoms with Gasteiger partial charge < -0.3 is 5.11 Å². The lowest BCUT2D eigenvalue weighted by Crippen LogP contribution is -2.24. The zero-order valence-corrected chi connectivity index (χ0v) is 7.88. The van der Waals surface area contributed by atoms with Crippen molar-refractivity contribution in [3.8, 4) is 0 Å². The Morgan fingerprint density at radius 2 is 1.64 bits per heavy atom. The van der Waals surface area contributed by atoms with Gasteiger partial charge in [0.25, 0.3) is 0 Å². The van der Waals surface area contributed by atoms with Gasteiger partial charge in [-0.1, -0.05) is 33.6 Å². The minimum absolute atomic E-state index is 0.0463. The molecule has 1 heteroatoms. The normalized spacial score (nSPS) is 46.9. The number of aliphatic hydroxyl groups is 1. The van der Waals surface area contributed by atoms with Crippen molar-refractivity contribution in [2.45, 2.75) is 46.1 Å². The van der Waals surface area contributed by atoms with Gasteiger partial charge in [-0.3, -0.25) is 0 Å². The third kappa shape index (κ3) is 1.96. The number of aliphatic hydroxyl groups excluding tert-OH is 1. The van der Waals surface area contributed by atoms with Gasteiger partial charge in [0.2, 0.25) is 0 Å². The Morgan fingerprint density at radius 3 is 2.27 bits per heavy atom. The molecular formula is C10H20O. The zero-order chi connectivity index (χ0) is 8.43. The van der Waals surface area contributed by atoms with Crippen molar-refractivity contribution in [3.63, 3.8) is 0 Å². The van der Waals surface area contributed by atoms with Crippen LogP contribution in [0, 0.1) is 17.8 Å². The molecule has 0 amide bonds. The first kappa shape index (κ1) is 9.05. The van der Waals surface area contributed by atoms with Gasteiger partial charge in [0.15, 0.2) is 0 Å². The van der Waals surface area contributed by atoms with Crippen molar-refractivity contribution in [2.24, 2.45) is 17.8 Å². The first-order valence-electron chi connectivity index (χ1n) is 4.81. The molecule has 4 unspecified atom stereocenters. The van der Waals surface area contributed by atoms with Crippen LogP contribution in [-0.4, -0.2) is 11.2 Å². The molecule has 0 aromatic carbocycles. The molecule has 1 aliphatic rings. The Labute approximate surface area is 69.8 Å². The van der Waals surface area contributed by atoms with E-state index in [0.717, 1.165) is 12.3 Å². The molecule has 1 rings (SSSR count). The first-order chi connectivity index (χ1) is 5.13. The second kappa shape index (κ2) is 3.57. The van der Waals surface area contributed by atoms with E-state index < -0.39 is 0 Å². The standard InChI is InChI=1S/C10H20O/c1-7-5-4-6-10(11)9(3)8(7)2/h7-11H,4-6H2,1-3H3. The van der Waals surface area contributed by atoms with Gasteiger partial charge in [0, 0.05) is 0 Å². The fourth-order valence-corrected chi connectivity index (χ4v) is 2.04. The van der Waals surface area contributed by atoms with Crippen molar-refractivity contribution in [1.82, 2.24) is 0 Å². The van der Waals surface area contributed by atoms with Gasteiger partial charge in [-0.15, -0.1) is 0 Å². The van der Waals surface area contributed by atoms with Crippen LogP contribution in [0.4, 0.5) is 0 Å². The molecule has 1 nitrogen and oxygen atoms in total. The number of rotatable bonds is 0. The average Bonchev–Trinajstić information content (AvgIpc) is 2.07. The summed E-state index contributed by atoms with van der Waals surface area (Å²) >= 11 is 0. The lowest BCUT2D eigenvalue weighted by Gasteiger charge is -2.25. The van der Waals surface area contributed by atoms with Crippen LogP contribution in [-0.2, 0) is 0 Å². The minimum atomic E-state index is -0.0463. The third-order valence-electron chi connectivity index (χ3n) is 3.49. The lowest BCUT2D eigenvalue weighted by molar-refractivity contribution is 0.0798. The molecule has 0 radical (unpaired) electrons. The average molecular weight is 156 g/mol. The predicted octanol–water partition coefficient (Wildman–Crippen LogP) is 2.44. The predicted molar refractivity (Wildman–Crippen MR) is 47.3 cm³/mol. The van der Waals surface area contributed by atoms with E-state index in [0.29, 0.717) is 11.8 Å². The smallest absolute Gasteiger partial charge is 0.0568 e. The molecule has 1 fully saturated rings. The molecule has 0 aromatic rings. The Balaban J connectivity index is 2.58. The molecule has 0 spiro atoms. The molecule has 0 saturated heterocycles. The Morgan fingerprint density at radius 1 is 1.00 bits per heavy atom. The molecule has 1 aliphatic carbocycles. The highest BCUT2D eigenvalue weighted by molar-refractivity contribution is 4.78. The summed E-state index contributed by atoms with van der Waals surface area (Å²) in [4.78, 5) is 0. The van der Waals surface area contributed by atoms with Crippen LogP contribution in [0.2, 0.25) is 0 Å². The Bertz CT molecular complexity index is 108. The van der Waals surface area contributed by atoms with Crippen molar-refractivity contribution in [1.29, 1.82) is 0 Å². The number of hydrogen-bond acceptors (Lipinski definition) is 1. The quantitative estimate of drug-likeness (QED) is 0.534. The van der Waals surface area contributed by atoms with Crippen LogP contribution in [0.1, 0.15) is 40.0 Å². The Hall–Kier alpha value is -0.0400. The van der Waals surface area contributed by atoms with Crippen molar-refractivity contribution < 1.29 is 5.11 Å². The van der Waals surface area contributed by atoms with Crippen LogP contribution in [0.15, 0.2) is 0 Å². The van der Waals surface area contributed by atoms with E-state index in [-0.39, 0.29) is 6.10 Å². The lowest BCUT2D eigenvalue weighted by atomic mass is 9.83. The summed E-state index contributed by atoms with van der Waals surface area (Å²) < 4.78 is 0. The third-order valence-corrected chi connectivity index (χ3v) is 3.49. The fraction of sp³-hybridized carbons (Fsp3) is 1.00. The van der Waals surface area contributed by atoms with E-state index in [9.17, 15) is 5.11 Å². The molecule has 1 N–H and O–H groups in total. The van der Waals surface area contributed by atoms with Gasteiger partial charge >= 0.3 is 0 Å². The molecule has 1 saturated carbocycles. The van der Waals surface area contributed by atoms with Crippen LogP contribution in [0.5, 0.6) is 0 Å². The summed E-state index contributed by atoms with van der Waals surface area (Å²) in [6.45, 7) is 6.75. The van der Waals surface area contributed by atoms with E-state index in [1.165, 1.54) is 12.8 Å². The maximum atomic E-state index is 9.65. The molecule has 4 atom stereocenters. The SMILES string of the molecule is CC1CCCC(O)C(C)C1C. The molecule has 0 aliphatic heterocycles. The summed E-state index contributed by atoms with van der Waals surface area (Å²) in [6.07, 6.45) is 3.46. The van der Waals surface area contributed by atoms with Crippen molar-refractivity contribution in [3.05, 3.63) is 0 Å². The second-order valence-electron chi connectivity index (χ2n) is 4.19. The minimum Gasteiger partial charge on any atom is -0.393 e. The highest BCUT2D eigenvalue weighted by atomic mass is 16.3. The molecule has 66 valence electrons. The summed E-state index contributed by atoms with van der Waals surface area (Å²) in [5, 5.41) is 9.65. The summed E-state index contributed by atoms with van der Waals surface area (Å²) in [5.74, 6) is 1.97. The van der Waals surface area contributed by atoms with E-state index in [4.69, 9.17) is 0 Å². The molecule has 0 bridgehead atoms. The maximum Gasteiger partial charge on any atom is 0.0568 e. The largest absolute Gasteiger partial charge is 0.393 e.